The number of nitrogens with two attached hydrogens (primary N) is 1. The Kier molecular flexibility index (Phi) is 5.47. The first-order valence-electron chi connectivity index (χ1n) is 6.37. The maximum absolute atomic E-state index is 12.3. The van der Waals surface area contributed by atoms with E-state index in [0.717, 1.165) is 24.1 Å². The number of sulfonamides is 1. The van der Waals surface area contributed by atoms with Gasteiger partial charge in [0.05, 0.1) is 5.69 Å². The Hall–Kier alpha value is -0.150. The summed E-state index contributed by atoms with van der Waals surface area (Å²) < 4.78 is 28.4. The van der Waals surface area contributed by atoms with E-state index in [9.17, 15) is 8.42 Å². The molecule has 3 N–H and O–H groups in total. The number of hydrogen-bond donors (Lipinski definition) is 2. The molecular weight excluding hydrogens is 410 g/mol. The molecule has 0 unspecified atom stereocenters. The van der Waals surface area contributed by atoms with Crippen molar-refractivity contribution >= 4 is 47.6 Å². The van der Waals surface area contributed by atoms with Crippen LogP contribution in [-0.2, 0) is 10.0 Å². The lowest BCUT2D eigenvalue weighted by molar-refractivity contribution is 0.344. The lowest BCUT2D eigenvalue weighted by atomic mass is 10.3. The molecular formula is C12H17Br2N3O2S. The highest BCUT2D eigenvalue weighted by Gasteiger charge is 2.21. The van der Waals surface area contributed by atoms with Crippen LogP contribution in [0.15, 0.2) is 26.0 Å². The monoisotopic (exact) mass is 425 g/mol. The van der Waals surface area contributed by atoms with Crippen LogP contribution in [0, 0.1) is 0 Å². The van der Waals surface area contributed by atoms with Gasteiger partial charge >= 0.3 is 0 Å². The zero-order valence-electron chi connectivity index (χ0n) is 10.9. The minimum Gasteiger partial charge on any atom is -0.398 e. The normalized spacial score (nSPS) is 16.7. The second-order valence-electron chi connectivity index (χ2n) is 4.75. The molecule has 5 nitrogen and oxygen atoms in total. The average Bonchev–Trinajstić information content (AvgIpc) is 2.79. The molecule has 1 aliphatic rings. The summed E-state index contributed by atoms with van der Waals surface area (Å²) in [6.45, 7) is 3.22. The van der Waals surface area contributed by atoms with Crippen LogP contribution >= 0.6 is 31.9 Å². The first kappa shape index (κ1) is 16.2. The molecule has 0 aromatic heterocycles. The molecule has 0 aliphatic carbocycles. The number of rotatable bonds is 5. The molecule has 0 atom stereocenters. The number of likely N-dealkylation sites (tertiary alicyclic amines) is 1. The number of anilines is 1. The zero-order chi connectivity index (χ0) is 14.8. The predicted molar refractivity (Wildman–Crippen MR) is 87.1 cm³/mol. The van der Waals surface area contributed by atoms with E-state index >= 15 is 0 Å². The van der Waals surface area contributed by atoms with Crippen molar-refractivity contribution in [1.82, 2.24) is 9.62 Å². The minimum absolute atomic E-state index is 0.0992. The molecule has 112 valence electrons. The number of nitrogens with zero attached hydrogens (tertiary/aromatic N) is 1. The average molecular weight is 427 g/mol. The summed E-state index contributed by atoms with van der Waals surface area (Å²) >= 11 is 6.53. The maximum atomic E-state index is 12.3. The van der Waals surface area contributed by atoms with Gasteiger partial charge in [0.25, 0.3) is 0 Å². The predicted octanol–water partition coefficient (Wildman–Crippen LogP) is 2.17. The van der Waals surface area contributed by atoms with E-state index < -0.39 is 10.0 Å². The highest BCUT2D eigenvalue weighted by atomic mass is 79.9. The summed E-state index contributed by atoms with van der Waals surface area (Å²) in [7, 11) is -3.60. The molecule has 0 amide bonds. The van der Waals surface area contributed by atoms with Gasteiger partial charge < -0.3 is 10.6 Å². The Morgan fingerprint density at radius 2 is 1.90 bits per heavy atom. The number of nitrogens with one attached hydrogen (secondary N) is 1. The Bertz CT molecular complexity index is 563. The number of hydrogen-bond acceptors (Lipinski definition) is 4. The Morgan fingerprint density at radius 3 is 2.50 bits per heavy atom. The fourth-order valence-corrected chi connectivity index (χ4v) is 5.37. The van der Waals surface area contributed by atoms with Gasteiger partial charge in [-0.2, -0.15) is 0 Å². The topological polar surface area (TPSA) is 75.4 Å². The largest absolute Gasteiger partial charge is 0.398 e. The molecule has 0 saturated carbocycles. The van der Waals surface area contributed by atoms with Crippen molar-refractivity contribution in [2.75, 3.05) is 31.9 Å². The van der Waals surface area contributed by atoms with E-state index in [4.69, 9.17) is 5.73 Å². The van der Waals surface area contributed by atoms with E-state index in [2.05, 4.69) is 41.5 Å². The molecule has 8 heteroatoms. The van der Waals surface area contributed by atoms with Gasteiger partial charge in [0.2, 0.25) is 10.0 Å². The van der Waals surface area contributed by atoms with Crippen LogP contribution in [0.5, 0.6) is 0 Å². The molecule has 1 aromatic carbocycles. The van der Waals surface area contributed by atoms with Gasteiger partial charge in [-0.1, -0.05) is 15.9 Å². The van der Waals surface area contributed by atoms with Gasteiger partial charge in [0, 0.05) is 22.0 Å². The van der Waals surface area contributed by atoms with Crippen LogP contribution < -0.4 is 10.5 Å². The summed E-state index contributed by atoms with van der Waals surface area (Å²) in [4.78, 5) is 2.35. The maximum Gasteiger partial charge on any atom is 0.243 e. The summed E-state index contributed by atoms with van der Waals surface area (Å²) in [6.07, 6.45) is 2.38. The zero-order valence-corrected chi connectivity index (χ0v) is 14.9. The molecule has 0 spiro atoms. The summed E-state index contributed by atoms with van der Waals surface area (Å²) in [5.41, 5.74) is 6.03. The van der Waals surface area contributed by atoms with Crippen LogP contribution in [0.1, 0.15) is 12.8 Å². The minimum atomic E-state index is -3.60. The molecule has 20 heavy (non-hydrogen) atoms. The summed E-state index contributed by atoms with van der Waals surface area (Å²) in [5, 5.41) is 0. The fraction of sp³-hybridized carbons (Fsp3) is 0.500. The van der Waals surface area contributed by atoms with Crippen molar-refractivity contribution in [3.63, 3.8) is 0 Å². The van der Waals surface area contributed by atoms with Crippen molar-refractivity contribution in [2.24, 2.45) is 0 Å². The molecule has 1 aliphatic heterocycles. The van der Waals surface area contributed by atoms with E-state index in [1.54, 1.807) is 12.1 Å². The highest BCUT2D eigenvalue weighted by Crippen LogP contribution is 2.31. The van der Waals surface area contributed by atoms with Crippen LogP contribution in [0.3, 0.4) is 0 Å². The van der Waals surface area contributed by atoms with Gasteiger partial charge in [0.15, 0.2) is 0 Å². The first-order chi connectivity index (χ1) is 9.40. The third-order valence-corrected chi connectivity index (χ3v) is 6.15. The molecule has 1 heterocycles. The van der Waals surface area contributed by atoms with E-state index in [1.807, 2.05) is 0 Å². The number of nitrogen functional groups attached to an aromatic ring is 1. The van der Waals surface area contributed by atoms with Crippen molar-refractivity contribution in [3.8, 4) is 0 Å². The van der Waals surface area contributed by atoms with E-state index in [0.29, 0.717) is 11.0 Å². The lowest BCUT2D eigenvalue weighted by Crippen LogP contribution is -2.33. The number of benzene rings is 1. The summed E-state index contributed by atoms with van der Waals surface area (Å²) in [5.74, 6) is 0. The van der Waals surface area contributed by atoms with Crippen LogP contribution in [0.4, 0.5) is 5.69 Å². The molecule has 2 rings (SSSR count). The quantitative estimate of drug-likeness (QED) is 0.707. The molecule has 0 bridgehead atoms. The first-order valence-corrected chi connectivity index (χ1v) is 9.43. The Balaban J connectivity index is 2.06. The van der Waals surface area contributed by atoms with Crippen LogP contribution in [-0.4, -0.2) is 39.5 Å². The second kappa shape index (κ2) is 6.74. The van der Waals surface area contributed by atoms with E-state index in [1.165, 1.54) is 12.8 Å². The van der Waals surface area contributed by atoms with Crippen LogP contribution in [0.25, 0.3) is 0 Å². The van der Waals surface area contributed by atoms with Gasteiger partial charge in [-0.15, -0.1) is 0 Å². The van der Waals surface area contributed by atoms with Gasteiger partial charge in [0.1, 0.15) is 4.90 Å². The van der Waals surface area contributed by atoms with Crippen molar-refractivity contribution in [1.29, 1.82) is 0 Å². The standard InChI is InChI=1S/C12H17Br2N3O2S/c13-9-7-10(14)12(11(15)8-9)20(18,19)16-3-6-17-4-1-2-5-17/h7-8,16H,1-6,15H2. The fourth-order valence-electron chi connectivity index (χ4n) is 2.28. The molecule has 1 aromatic rings. The SMILES string of the molecule is Nc1cc(Br)cc(Br)c1S(=O)(=O)NCCN1CCCC1. The smallest absolute Gasteiger partial charge is 0.243 e. The van der Waals surface area contributed by atoms with Gasteiger partial charge in [-0.05, 0) is 54.0 Å². The second-order valence-corrected chi connectivity index (χ2v) is 8.23. The Labute approximate surface area is 136 Å². The summed E-state index contributed by atoms with van der Waals surface area (Å²) in [6, 6.07) is 3.26. The van der Waals surface area contributed by atoms with Crippen molar-refractivity contribution in [3.05, 3.63) is 21.1 Å². The van der Waals surface area contributed by atoms with E-state index in [-0.39, 0.29) is 10.6 Å². The van der Waals surface area contributed by atoms with Crippen molar-refractivity contribution < 1.29 is 8.42 Å². The molecule has 0 radical (unpaired) electrons. The number of halogens is 2. The van der Waals surface area contributed by atoms with Crippen LogP contribution in [0.2, 0.25) is 0 Å². The van der Waals surface area contributed by atoms with Gasteiger partial charge in [-0.3, -0.25) is 0 Å². The Morgan fingerprint density at radius 1 is 1.25 bits per heavy atom. The molecule has 1 saturated heterocycles. The lowest BCUT2D eigenvalue weighted by Gasteiger charge is -2.16. The van der Waals surface area contributed by atoms with Gasteiger partial charge in [-0.25, -0.2) is 13.1 Å². The molecule has 1 fully saturated rings. The van der Waals surface area contributed by atoms with Crippen molar-refractivity contribution in [2.45, 2.75) is 17.7 Å². The highest BCUT2D eigenvalue weighted by molar-refractivity contribution is 9.11. The third-order valence-electron chi connectivity index (χ3n) is 3.22. The third kappa shape index (κ3) is 3.94.